The highest BCUT2D eigenvalue weighted by atomic mass is 79.9. The standard InChI is InChI=1S/C16H9BrF3NO/c17-12-6-7-13-14(9-12)22-15(21-13)8-3-10-1-4-11(5-2-10)16(18,19)20/h1-9H/b8-3+. The van der Waals surface area contributed by atoms with Crippen molar-refractivity contribution in [2.24, 2.45) is 0 Å². The molecule has 0 saturated heterocycles. The molecule has 1 heterocycles. The fourth-order valence-corrected chi connectivity index (χ4v) is 2.28. The lowest BCUT2D eigenvalue weighted by Gasteiger charge is -2.05. The average Bonchev–Trinajstić information content (AvgIpc) is 2.86. The first kappa shape index (κ1) is 14.8. The SMILES string of the molecule is FC(F)(F)c1ccc(/C=C/c2nc3ccc(Br)cc3o2)cc1. The maximum absolute atomic E-state index is 12.5. The van der Waals surface area contributed by atoms with Crippen LogP contribution in [0.1, 0.15) is 17.0 Å². The van der Waals surface area contributed by atoms with Crippen LogP contribution in [0.4, 0.5) is 13.2 Å². The molecule has 0 aliphatic heterocycles. The van der Waals surface area contributed by atoms with Gasteiger partial charge in [0.25, 0.3) is 0 Å². The van der Waals surface area contributed by atoms with E-state index >= 15 is 0 Å². The van der Waals surface area contributed by atoms with Crippen molar-refractivity contribution in [1.82, 2.24) is 4.98 Å². The Morgan fingerprint density at radius 2 is 1.73 bits per heavy atom. The first-order chi connectivity index (χ1) is 10.4. The number of nitrogens with zero attached hydrogens (tertiary/aromatic N) is 1. The van der Waals surface area contributed by atoms with Crippen molar-refractivity contribution in [3.63, 3.8) is 0 Å². The number of benzene rings is 2. The largest absolute Gasteiger partial charge is 0.437 e. The summed E-state index contributed by atoms with van der Waals surface area (Å²) >= 11 is 3.34. The minimum absolute atomic E-state index is 0.396. The van der Waals surface area contributed by atoms with E-state index in [1.54, 1.807) is 18.2 Å². The zero-order valence-electron chi connectivity index (χ0n) is 11.1. The normalized spacial score (nSPS) is 12.4. The van der Waals surface area contributed by atoms with Crippen molar-refractivity contribution < 1.29 is 17.6 Å². The molecule has 0 aliphatic rings. The zero-order chi connectivity index (χ0) is 15.7. The Kier molecular flexibility index (Phi) is 3.78. The lowest BCUT2D eigenvalue weighted by molar-refractivity contribution is -0.137. The minimum atomic E-state index is -4.32. The third-order valence-electron chi connectivity index (χ3n) is 3.02. The molecule has 2 aromatic carbocycles. The van der Waals surface area contributed by atoms with Gasteiger partial charge in [-0.05, 0) is 42.0 Å². The van der Waals surface area contributed by atoms with Gasteiger partial charge >= 0.3 is 6.18 Å². The van der Waals surface area contributed by atoms with Gasteiger partial charge in [0, 0.05) is 10.5 Å². The molecule has 6 heteroatoms. The summed E-state index contributed by atoms with van der Waals surface area (Å²) < 4.78 is 43.8. The third kappa shape index (κ3) is 3.22. The van der Waals surface area contributed by atoms with Gasteiger partial charge in [-0.3, -0.25) is 0 Å². The van der Waals surface area contributed by atoms with Gasteiger partial charge in [0.05, 0.1) is 5.56 Å². The fourth-order valence-electron chi connectivity index (χ4n) is 1.94. The van der Waals surface area contributed by atoms with E-state index < -0.39 is 11.7 Å². The number of halogens is 4. The van der Waals surface area contributed by atoms with E-state index in [-0.39, 0.29) is 0 Å². The van der Waals surface area contributed by atoms with Gasteiger partial charge in [0.1, 0.15) is 5.52 Å². The van der Waals surface area contributed by atoms with Gasteiger partial charge in [-0.2, -0.15) is 13.2 Å². The van der Waals surface area contributed by atoms with E-state index in [2.05, 4.69) is 20.9 Å². The molecule has 1 aromatic heterocycles. The van der Waals surface area contributed by atoms with Crippen molar-refractivity contribution in [2.75, 3.05) is 0 Å². The number of rotatable bonds is 2. The van der Waals surface area contributed by atoms with Crippen LogP contribution < -0.4 is 0 Å². The lowest BCUT2D eigenvalue weighted by atomic mass is 10.1. The van der Waals surface area contributed by atoms with E-state index in [0.29, 0.717) is 17.0 Å². The van der Waals surface area contributed by atoms with Gasteiger partial charge < -0.3 is 4.42 Å². The minimum Gasteiger partial charge on any atom is -0.437 e. The van der Waals surface area contributed by atoms with Crippen LogP contribution in [0.5, 0.6) is 0 Å². The summed E-state index contributed by atoms with van der Waals surface area (Å²) in [7, 11) is 0. The van der Waals surface area contributed by atoms with Gasteiger partial charge in [-0.25, -0.2) is 4.98 Å². The maximum Gasteiger partial charge on any atom is 0.416 e. The second-order valence-corrected chi connectivity index (χ2v) is 5.53. The van der Waals surface area contributed by atoms with Crippen molar-refractivity contribution in [2.45, 2.75) is 6.18 Å². The number of hydrogen-bond acceptors (Lipinski definition) is 2. The molecule has 0 spiro atoms. The van der Waals surface area contributed by atoms with Crippen LogP contribution in [0, 0.1) is 0 Å². The van der Waals surface area contributed by atoms with Crippen molar-refractivity contribution in [3.8, 4) is 0 Å². The molecule has 0 N–H and O–H groups in total. The molecule has 0 saturated carbocycles. The highest BCUT2D eigenvalue weighted by Gasteiger charge is 2.29. The lowest BCUT2D eigenvalue weighted by Crippen LogP contribution is -2.03. The molecule has 0 unspecified atom stereocenters. The van der Waals surface area contributed by atoms with E-state index in [1.807, 2.05) is 12.1 Å². The van der Waals surface area contributed by atoms with Crippen molar-refractivity contribution >= 4 is 39.2 Å². The summed E-state index contributed by atoms with van der Waals surface area (Å²) in [5.74, 6) is 0.396. The summed E-state index contributed by atoms with van der Waals surface area (Å²) in [5, 5.41) is 0. The predicted molar refractivity (Wildman–Crippen MR) is 82.1 cm³/mol. The maximum atomic E-state index is 12.5. The first-order valence-corrected chi connectivity index (χ1v) is 7.12. The Morgan fingerprint density at radius 3 is 2.41 bits per heavy atom. The van der Waals surface area contributed by atoms with Crippen molar-refractivity contribution in [3.05, 3.63) is 64.0 Å². The number of hydrogen-bond donors (Lipinski definition) is 0. The first-order valence-electron chi connectivity index (χ1n) is 6.33. The van der Waals surface area contributed by atoms with Crippen LogP contribution in [0.25, 0.3) is 23.3 Å². The summed E-state index contributed by atoms with van der Waals surface area (Å²) in [4.78, 5) is 4.27. The topological polar surface area (TPSA) is 26.0 Å². The molecule has 0 amide bonds. The van der Waals surface area contributed by atoms with Crippen LogP contribution in [0.3, 0.4) is 0 Å². The zero-order valence-corrected chi connectivity index (χ0v) is 12.6. The summed E-state index contributed by atoms with van der Waals surface area (Å²) in [6.45, 7) is 0. The van der Waals surface area contributed by atoms with E-state index in [1.165, 1.54) is 12.1 Å². The average molecular weight is 368 g/mol. The Labute approximate surface area is 132 Å². The van der Waals surface area contributed by atoms with Crippen LogP contribution >= 0.6 is 15.9 Å². The quantitative estimate of drug-likeness (QED) is 0.573. The van der Waals surface area contributed by atoms with Crippen molar-refractivity contribution in [1.29, 1.82) is 0 Å². The molecular weight excluding hydrogens is 359 g/mol. The van der Waals surface area contributed by atoms with E-state index in [4.69, 9.17) is 4.42 Å². The number of aromatic nitrogens is 1. The Bertz CT molecular complexity index is 835. The molecule has 22 heavy (non-hydrogen) atoms. The molecule has 0 radical (unpaired) electrons. The third-order valence-corrected chi connectivity index (χ3v) is 3.52. The molecule has 2 nitrogen and oxygen atoms in total. The number of oxazole rings is 1. The molecule has 0 fully saturated rings. The van der Waals surface area contributed by atoms with Gasteiger partial charge in [0.15, 0.2) is 5.58 Å². The molecule has 0 aliphatic carbocycles. The Morgan fingerprint density at radius 1 is 1.00 bits per heavy atom. The highest BCUT2D eigenvalue weighted by molar-refractivity contribution is 9.10. The molecule has 112 valence electrons. The van der Waals surface area contributed by atoms with Gasteiger partial charge in [-0.15, -0.1) is 0 Å². The second kappa shape index (κ2) is 5.61. The molecule has 3 rings (SSSR count). The monoisotopic (exact) mass is 367 g/mol. The van der Waals surface area contributed by atoms with Gasteiger partial charge in [-0.1, -0.05) is 28.1 Å². The second-order valence-electron chi connectivity index (χ2n) is 4.62. The van der Waals surface area contributed by atoms with Crippen LogP contribution in [0.15, 0.2) is 51.4 Å². The number of fused-ring (bicyclic) bond motifs is 1. The fraction of sp³-hybridized carbons (Fsp3) is 0.0625. The van der Waals surface area contributed by atoms with Crippen LogP contribution in [-0.4, -0.2) is 4.98 Å². The van der Waals surface area contributed by atoms with E-state index in [0.717, 1.165) is 22.1 Å². The van der Waals surface area contributed by atoms with Crippen LogP contribution in [0.2, 0.25) is 0 Å². The highest BCUT2D eigenvalue weighted by Crippen LogP contribution is 2.29. The predicted octanol–water partition coefficient (Wildman–Crippen LogP) is 5.78. The van der Waals surface area contributed by atoms with Crippen LogP contribution in [-0.2, 0) is 6.18 Å². The molecule has 0 bridgehead atoms. The molecule has 3 aromatic rings. The summed E-state index contributed by atoms with van der Waals surface area (Å²) in [6.07, 6.45) is -1.05. The smallest absolute Gasteiger partial charge is 0.416 e. The number of alkyl halides is 3. The Balaban J connectivity index is 1.83. The summed E-state index contributed by atoms with van der Waals surface area (Å²) in [6, 6.07) is 10.4. The van der Waals surface area contributed by atoms with E-state index in [9.17, 15) is 13.2 Å². The summed E-state index contributed by atoms with van der Waals surface area (Å²) in [5.41, 5.74) is 1.32. The Hall–Kier alpha value is -2.08. The molecular formula is C16H9BrF3NO. The van der Waals surface area contributed by atoms with Gasteiger partial charge in [0.2, 0.25) is 5.89 Å². The molecule has 0 atom stereocenters.